The van der Waals surface area contributed by atoms with Gasteiger partial charge >= 0.3 is 0 Å². The van der Waals surface area contributed by atoms with Gasteiger partial charge < -0.3 is 19.8 Å². The highest BCUT2D eigenvalue weighted by Gasteiger charge is 2.58. The van der Waals surface area contributed by atoms with E-state index in [4.69, 9.17) is 4.74 Å². The van der Waals surface area contributed by atoms with Gasteiger partial charge in [-0.1, -0.05) is 6.07 Å². The maximum absolute atomic E-state index is 12.3. The third-order valence-electron chi connectivity index (χ3n) is 6.36. The molecule has 0 spiro atoms. The Kier molecular flexibility index (Phi) is 3.22. The fourth-order valence-electron chi connectivity index (χ4n) is 5.23. The molecule has 1 heterocycles. The highest BCUT2D eigenvalue weighted by atomic mass is 16.5. The molecular formula is C18H23NO4. The van der Waals surface area contributed by atoms with Gasteiger partial charge in [0.25, 0.3) is 0 Å². The van der Waals surface area contributed by atoms with Crippen molar-refractivity contribution in [3.8, 4) is 11.5 Å². The number of likely N-dealkylation sites (N-methyl/N-ethyl adjacent to an activating group) is 1. The molecule has 1 saturated heterocycles. The number of Topliss-reactive ketones (excluding diaryl/α,β-unsaturated/α-hetero) is 1. The first-order valence-corrected chi connectivity index (χ1v) is 8.28. The molecule has 5 heteroatoms. The van der Waals surface area contributed by atoms with Crippen LogP contribution in [0, 0.1) is 5.92 Å². The molecule has 1 saturated carbocycles. The lowest BCUT2D eigenvalue weighted by Gasteiger charge is -2.58. The molecule has 2 fully saturated rings. The van der Waals surface area contributed by atoms with Gasteiger partial charge in [-0.15, -0.1) is 0 Å². The highest BCUT2D eigenvalue weighted by molar-refractivity contribution is 5.86. The molecule has 2 bridgehead atoms. The molecular weight excluding hydrogens is 294 g/mol. The number of methoxy groups -OCH3 is 1. The SMILES string of the molecule is COc1ccc2c(c1O)C13CCN(C)C(C2)C1CC(O)C(=O)C3. The van der Waals surface area contributed by atoms with Crippen LogP contribution in [-0.4, -0.2) is 53.7 Å². The average molecular weight is 317 g/mol. The zero-order valence-electron chi connectivity index (χ0n) is 13.6. The van der Waals surface area contributed by atoms with Crippen LogP contribution in [0.4, 0.5) is 0 Å². The van der Waals surface area contributed by atoms with Crippen LogP contribution < -0.4 is 4.74 Å². The number of nitrogens with zero attached hydrogens (tertiary/aromatic N) is 1. The van der Waals surface area contributed by atoms with E-state index < -0.39 is 6.10 Å². The number of hydrogen-bond acceptors (Lipinski definition) is 5. The number of ketones is 1. The van der Waals surface area contributed by atoms with E-state index in [-0.39, 0.29) is 22.9 Å². The molecule has 2 aliphatic carbocycles. The standard InChI is InChI=1S/C18H23NO4/c1-19-6-5-18-9-14(21)13(20)8-11(18)12(19)7-10-3-4-15(23-2)17(22)16(10)18/h3-4,11-13,20,22H,5-9H2,1-2H3. The summed E-state index contributed by atoms with van der Waals surface area (Å²) >= 11 is 0. The van der Waals surface area contributed by atoms with Gasteiger partial charge in [0.05, 0.1) is 7.11 Å². The van der Waals surface area contributed by atoms with E-state index in [1.165, 1.54) is 0 Å². The third-order valence-corrected chi connectivity index (χ3v) is 6.36. The minimum atomic E-state index is -0.864. The molecule has 4 unspecified atom stereocenters. The van der Waals surface area contributed by atoms with E-state index in [9.17, 15) is 15.0 Å². The summed E-state index contributed by atoms with van der Waals surface area (Å²) in [4.78, 5) is 14.7. The number of piperidine rings is 1. The lowest BCUT2D eigenvalue weighted by Crippen LogP contribution is -2.62. The Morgan fingerprint density at radius 3 is 2.91 bits per heavy atom. The number of phenols is 1. The van der Waals surface area contributed by atoms with Crippen LogP contribution in [0.5, 0.6) is 11.5 Å². The zero-order valence-corrected chi connectivity index (χ0v) is 13.6. The van der Waals surface area contributed by atoms with Crippen LogP contribution in [0.3, 0.4) is 0 Å². The van der Waals surface area contributed by atoms with Crippen LogP contribution in [0.15, 0.2) is 12.1 Å². The Balaban J connectivity index is 1.94. The van der Waals surface area contributed by atoms with Gasteiger partial charge in [-0.25, -0.2) is 0 Å². The van der Waals surface area contributed by atoms with Crippen LogP contribution in [-0.2, 0) is 16.6 Å². The molecule has 3 aliphatic rings. The van der Waals surface area contributed by atoms with Gasteiger partial charge in [0, 0.05) is 23.4 Å². The van der Waals surface area contributed by atoms with Crippen LogP contribution >= 0.6 is 0 Å². The second-order valence-corrected chi connectivity index (χ2v) is 7.31. The predicted octanol–water partition coefficient (Wildman–Crippen LogP) is 1.24. The maximum atomic E-state index is 12.3. The van der Waals surface area contributed by atoms with Crippen molar-refractivity contribution in [1.82, 2.24) is 4.90 Å². The molecule has 5 nitrogen and oxygen atoms in total. The van der Waals surface area contributed by atoms with Crippen LogP contribution in [0.25, 0.3) is 0 Å². The number of benzene rings is 1. The summed E-state index contributed by atoms with van der Waals surface area (Å²) in [5.41, 5.74) is 1.64. The molecule has 1 aliphatic heterocycles. The highest BCUT2D eigenvalue weighted by Crippen LogP contribution is 2.58. The van der Waals surface area contributed by atoms with Crippen molar-refractivity contribution < 1.29 is 19.7 Å². The van der Waals surface area contributed by atoms with E-state index in [1.54, 1.807) is 13.2 Å². The Bertz CT molecular complexity index is 673. The number of likely N-dealkylation sites (tertiary alicyclic amines) is 1. The Hall–Kier alpha value is -1.59. The molecule has 4 rings (SSSR count). The molecule has 1 aromatic carbocycles. The summed E-state index contributed by atoms with van der Waals surface area (Å²) in [5, 5.41) is 20.9. The predicted molar refractivity (Wildman–Crippen MR) is 84.8 cm³/mol. The minimum absolute atomic E-state index is 0.0976. The average Bonchev–Trinajstić information content (AvgIpc) is 2.52. The lowest BCUT2D eigenvalue weighted by molar-refractivity contribution is -0.139. The normalized spacial score (nSPS) is 36.3. The number of aliphatic hydroxyl groups excluding tert-OH is 1. The Morgan fingerprint density at radius 2 is 2.17 bits per heavy atom. The second-order valence-electron chi connectivity index (χ2n) is 7.31. The van der Waals surface area contributed by atoms with Crippen molar-refractivity contribution in [2.75, 3.05) is 20.7 Å². The van der Waals surface area contributed by atoms with Gasteiger partial charge in [0.15, 0.2) is 17.3 Å². The van der Waals surface area contributed by atoms with Gasteiger partial charge in [-0.3, -0.25) is 4.79 Å². The van der Waals surface area contributed by atoms with Crippen LogP contribution in [0.2, 0.25) is 0 Å². The smallest absolute Gasteiger partial charge is 0.162 e. The van der Waals surface area contributed by atoms with Crippen molar-refractivity contribution in [1.29, 1.82) is 0 Å². The quantitative estimate of drug-likeness (QED) is 0.815. The first-order chi connectivity index (χ1) is 11.0. The van der Waals surface area contributed by atoms with Gasteiger partial charge in [-0.05, 0) is 50.4 Å². The van der Waals surface area contributed by atoms with Crippen molar-refractivity contribution in [3.05, 3.63) is 23.3 Å². The number of carbonyl (C=O) groups is 1. The number of aromatic hydroxyl groups is 1. The minimum Gasteiger partial charge on any atom is -0.504 e. The molecule has 0 aromatic heterocycles. The summed E-state index contributed by atoms with van der Waals surface area (Å²) in [6.07, 6.45) is 1.62. The van der Waals surface area contributed by atoms with E-state index in [1.807, 2.05) is 6.07 Å². The van der Waals surface area contributed by atoms with Gasteiger partial charge in [-0.2, -0.15) is 0 Å². The largest absolute Gasteiger partial charge is 0.504 e. The van der Waals surface area contributed by atoms with Gasteiger partial charge in [0.1, 0.15) is 6.10 Å². The Morgan fingerprint density at radius 1 is 1.39 bits per heavy atom. The first-order valence-electron chi connectivity index (χ1n) is 8.28. The number of hydrogen-bond donors (Lipinski definition) is 2. The Labute approximate surface area is 135 Å². The van der Waals surface area contributed by atoms with Gasteiger partial charge in [0.2, 0.25) is 0 Å². The number of rotatable bonds is 1. The van der Waals surface area contributed by atoms with E-state index in [2.05, 4.69) is 11.9 Å². The first kappa shape index (κ1) is 15.0. The maximum Gasteiger partial charge on any atom is 0.162 e. The van der Waals surface area contributed by atoms with Crippen molar-refractivity contribution in [2.45, 2.75) is 43.2 Å². The lowest BCUT2D eigenvalue weighted by atomic mass is 9.51. The van der Waals surface area contributed by atoms with Crippen LogP contribution in [0.1, 0.15) is 30.4 Å². The number of fused-ring (bicyclic) bond motifs is 1. The summed E-state index contributed by atoms with van der Waals surface area (Å²) in [5.74, 6) is 0.745. The molecule has 2 N–H and O–H groups in total. The zero-order chi connectivity index (χ0) is 16.4. The van der Waals surface area contributed by atoms with Crippen molar-refractivity contribution in [2.24, 2.45) is 5.92 Å². The summed E-state index contributed by atoms with van der Waals surface area (Å²) in [7, 11) is 3.67. The fraction of sp³-hybridized carbons (Fsp3) is 0.611. The summed E-state index contributed by atoms with van der Waals surface area (Å²) in [6, 6.07) is 4.14. The third kappa shape index (κ3) is 1.90. The number of ether oxygens (including phenoxy) is 1. The fourth-order valence-corrected chi connectivity index (χ4v) is 5.23. The van der Waals surface area contributed by atoms with E-state index >= 15 is 0 Å². The molecule has 23 heavy (non-hydrogen) atoms. The molecule has 124 valence electrons. The second kappa shape index (κ2) is 4.95. The summed E-state index contributed by atoms with van der Waals surface area (Å²) in [6.45, 7) is 0.903. The van der Waals surface area contributed by atoms with E-state index in [0.717, 1.165) is 30.5 Å². The topological polar surface area (TPSA) is 70.0 Å². The molecule has 0 radical (unpaired) electrons. The summed E-state index contributed by atoms with van der Waals surface area (Å²) < 4.78 is 5.30. The number of carbonyl (C=O) groups excluding carboxylic acids is 1. The molecule has 1 aromatic rings. The number of aliphatic hydroxyl groups is 1. The monoisotopic (exact) mass is 317 g/mol. The van der Waals surface area contributed by atoms with Crippen molar-refractivity contribution in [3.63, 3.8) is 0 Å². The molecule has 0 amide bonds. The molecule has 4 atom stereocenters. The number of phenolic OH excluding ortho intramolecular Hbond substituents is 1. The van der Waals surface area contributed by atoms with Crippen molar-refractivity contribution >= 4 is 5.78 Å². The van der Waals surface area contributed by atoms with E-state index in [0.29, 0.717) is 24.6 Å².